The van der Waals surface area contributed by atoms with Gasteiger partial charge in [-0.1, -0.05) is 50.5 Å². The molecule has 6 heteroatoms. The number of unbranched alkanes of at least 4 members (excludes halogenated alkanes) is 2. The molecule has 5 rings (SSSR count). The van der Waals surface area contributed by atoms with Crippen molar-refractivity contribution < 1.29 is 27.4 Å². The molecule has 32 heavy (non-hydrogen) atoms. The first-order valence-electron chi connectivity index (χ1n) is 11.2. The van der Waals surface area contributed by atoms with E-state index in [1.54, 1.807) is 12.1 Å². The molecule has 0 spiro atoms. The first-order valence-corrected chi connectivity index (χ1v) is 11.2. The molecule has 3 aliphatic heterocycles. The maximum absolute atomic E-state index is 14.3. The largest absolute Gasteiger partial charge is 0.456 e. The van der Waals surface area contributed by atoms with Crippen molar-refractivity contribution >= 4 is 0 Å². The highest BCUT2D eigenvalue weighted by Gasteiger charge is 2.51. The standard InChI is InChI=1S/C26H29F3O3/c1-3-4-5-10-25-11-12-26(31-16-25,32-17-25)21-8-6-19(7-9-21)20-13-22(28)24(23(29)14-20)30-15-18(2)27/h6-9,13-15H,3-5,10-12,16-17H2,1-2H3/b18-15-. The average Bonchev–Trinajstić information content (AvgIpc) is 2.80. The van der Waals surface area contributed by atoms with Crippen molar-refractivity contribution in [2.75, 3.05) is 13.2 Å². The van der Waals surface area contributed by atoms with Crippen LogP contribution in [0.25, 0.3) is 11.1 Å². The van der Waals surface area contributed by atoms with Gasteiger partial charge in [-0.25, -0.2) is 13.2 Å². The van der Waals surface area contributed by atoms with Crippen molar-refractivity contribution in [1.29, 1.82) is 0 Å². The molecule has 0 atom stereocenters. The molecule has 0 saturated carbocycles. The number of benzene rings is 2. The second-order valence-electron chi connectivity index (χ2n) is 8.96. The number of allylic oxidation sites excluding steroid dienone is 1. The summed E-state index contributed by atoms with van der Waals surface area (Å²) in [5.74, 6) is -3.85. The molecule has 172 valence electrons. The van der Waals surface area contributed by atoms with Gasteiger partial charge in [-0.15, -0.1) is 0 Å². The van der Waals surface area contributed by atoms with E-state index >= 15 is 0 Å². The van der Waals surface area contributed by atoms with Gasteiger partial charge in [-0.05, 0) is 43.0 Å². The van der Waals surface area contributed by atoms with Crippen LogP contribution >= 0.6 is 0 Å². The average molecular weight is 447 g/mol. The maximum atomic E-state index is 14.3. The Hall–Kier alpha value is -2.31. The normalized spacial score (nSPS) is 25.2. The minimum absolute atomic E-state index is 0.131. The lowest BCUT2D eigenvalue weighted by molar-refractivity contribution is -0.351. The molecule has 3 fully saturated rings. The van der Waals surface area contributed by atoms with Crippen molar-refractivity contribution in [3.8, 4) is 16.9 Å². The zero-order valence-corrected chi connectivity index (χ0v) is 18.6. The molecule has 3 heterocycles. The molecule has 2 aromatic rings. The Morgan fingerprint density at radius 1 is 1.00 bits per heavy atom. The van der Waals surface area contributed by atoms with Crippen LogP contribution in [-0.2, 0) is 15.3 Å². The minimum Gasteiger partial charge on any atom is -0.456 e. The molecule has 2 aromatic carbocycles. The topological polar surface area (TPSA) is 27.7 Å². The third kappa shape index (κ3) is 4.57. The molecule has 3 aliphatic rings. The Labute approximate surface area is 187 Å². The molecule has 2 bridgehead atoms. The van der Waals surface area contributed by atoms with Crippen molar-refractivity contribution in [3.63, 3.8) is 0 Å². The van der Waals surface area contributed by atoms with Gasteiger partial charge in [0.1, 0.15) is 12.1 Å². The lowest BCUT2D eigenvalue weighted by Gasteiger charge is -2.53. The van der Waals surface area contributed by atoms with Crippen LogP contribution in [0.2, 0.25) is 0 Å². The van der Waals surface area contributed by atoms with Crippen molar-refractivity contribution in [2.45, 2.75) is 58.2 Å². The van der Waals surface area contributed by atoms with Crippen LogP contribution in [0.15, 0.2) is 48.5 Å². The Bertz CT molecular complexity index is 933. The van der Waals surface area contributed by atoms with E-state index in [9.17, 15) is 13.2 Å². The van der Waals surface area contributed by atoms with Crippen molar-refractivity contribution in [1.82, 2.24) is 0 Å². The third-order valence-electron chi connectivity index (χ3n) is 6.51. The SMILES string of the molecule is CCCCCC12CCC(c3ccc(-c4cc(F)c(O/C=C(/C)F)c(F)c4)cc3)(OC1)OC2. The summed E-state index contributed by atoms with van der Waals surface area (Å²) in [5, 5.41) is 0. The zero-order chi connectivity index (χ0) is 22.8. The summed E-state index contributed by atoms with van der Waals surface area (Å²) in [6.45, 7) is 4.73. The van der Waals surface area contributed by atoms with Gasteiger partial charge < -0.3 is 14.2 Å². The van der Waals surface area contributed by atoms with Crippen LogP contribution < -0.4 is 4.74 Å². The Kier molecular flexibility index (Phi) is 6.63. The Morgan fingerprint density at radius 3 is 2.19 bits per heavy atom. The second kappa shape index (κ2) is 9.28. The van der Waals surface area contributed by atoms with E-state index in [2.05, 4.69) is 6.92 Å². The van der Waals surface area contributed by atoms with Gasteiger partial charge in [0, 0.05) is 17.4 Å². The molecule has 3 nitrogen and oxygen atoms in total. The molecule has 0 aliphatic carbocycles. The number of halogens is 3. The Balaban J connectivity index is 1.48. The zero-order valence-electron chi connectivity index (χ0n) is 18.6. The van der Waals surface area contributed by atoms with Gasteiger partial charge in [0.15, 0.2) is 23.2 Å². The summed E-state index contributed by atoms with van der Waals surface area (Å²) in [7, 11) is 0. The van der Waals surface area contributed by atoms with Gasteiger partial charge in [-0.3, -0.25) is 0 Å². The predicted octanol–water partition coefficient (Wildman–Crippen LogP) is 7.40. The van der Waals surface area contributed by atoms with E-state index in [1.807, 2.05) is 12.1 Å². The highest BCUT2D eigenvalue weighted by molar-refractivity contribution is 5.65. The van der Waals surface area contributed by atoms with Crippen LogP contribution in [0.4, 0.5) is 13.2 Å². The highest BCUT2D eigenvalue weighted by Crippen LogP contribution is 2.51. The first-order chi connectivity index (χ1) is 15.4. The summed E-state index contributed by atoms with van der Waals surface area (Å²) in [6.07, 6.45) is 7.31. The van der Waals surface area contributed by atoms with Gasteiger partial charge in [-0.2, -0.15) is 0 Å². The van der Waals surface area contributed by atoms with E-state index in [1.165, 1.54) is 31.4 Å². The summed E-state index contributed by atoms with van der Waals surface area (Å²) < 4.78 is 58.7. The van der Waals surface area contributed by atoms with Gasteiger partial charge in [0.2, 0.25) is 0 Å². The van der Waals surface area contributed by atoms with Crippen molar-refractivity contribution in [3.05, 3.63) is 65.7 Å². The van der Waals surface area contributed by atoms with E-state index in [0.717, 1.165) is 31.7 Å². The molecule has 0 unspecified atom stereocenters. The fourth-order valence-electron chi connectivity index (χ4n) is 4.57. The highest BCUT2D eigenvalue weighted by atomic mass is 19.1. The predicted molar refractivity (Wildman–Crippen MR) is 117 cm³/mol. The molecule has 0 radical (unpaired) electrons. The van der Waals surface area contributed by atoms with Gasteiger partial charge in [0.05, 0.1) is 13.2 Å². The third-order valence-corrected chi connectivity index (χ3v) is 6.51. The van der Waals surface area contributed by atoms with E-state index in [0.29, 0.717) is 30.6 Å². The van der Waals surface area contributed by atoms with E-state index in [4.69, 9.17) is 14.2 Å². The van der Waals surface area contributed by atoms with Crippen LogP contribution in [-0.4, -0.2) is 13.2 Å². The lowest BCUT2D eigenvalue weighted by Crippen LogP contribution is -2.53. The number of hydrogen-bond donors (Lipinski definition) is 0. The van der Waals surface area contributed by atoms with Crippen LogP contribution in [0.5, 0.6) is 5.75 Å². The monoisotopic (exact) mass is 446 g/mol. The van der Waals surface area contributed by atoms with Gasteiger partial charge in [0.25, 0.3) is 0 Å². The summed E-state index contributed by atoms with van der Waals surface area (Å²) >= 11 is 0. The number of fused-ring (bicyclic) bond motifs is 3. The van der Waals surface area contributed by atoms with E-state index in [-0.39, 0.29) is 5.41 Å². The minimum atomic E-state index is -0.897. The smallest absolute Gasteiger partial charge is 0.197 e. The first kappa shape index (κ1) is 22.9. The van der Waals surface area contributed by atoms with E-state index < -0.39 is 29.0 Å². The number of hydrogen-bond acceptors (Lipinski definition) is 3. The molecular weight excluding hydrogens is 417 g/mol. The lowest BCUT2D eigenvalue weighted by atomic mass is 9.73. The number of rotatable bonds is 8. The van der Waals surface area contributed by atoms with Crippen LogP contribution in [0.1, 0.15) is 57.9 Å². The fourth-order valence-corrected chi connectivity index (χ4v) is 4.57. The molecular formula is C26H29F3O3. The maximum Gasteiger partial charge on any atom is 0.197 e. The summed E-state index contributed by atoms with van der Waals surface area (Å²) in [6, 6.07) is 9.72. The van der Waals surface area contributed by atoms with Crippen LogP contribution in [0, 0.1) is 17.0 Å². The second-order valence-corrected chi connectivity index (χ2v) is 8.96. The Morgan fingerprint density at radius 2 is 1.66 bits per heavy atom. The molecule has 0 aromatic heterocycles. The summed E-state index contributed by atoms with van der Waals surface area (Å²) in [4.78, 5) is 0. The number of ether oxygens (including phenoxy) is 3. The van der Waals surface area contributed by atoms with Crippen LogP contribution in [0.3, 0.4) is 0 Å². The molecule has 0 amide bonds. The quantitative estimate of drug-likeness (QED) is 0.312. The summed E-state index contributed by atoms with van der Waals surface area (Å²) in [5.41, 5.74) is 2.05. The fraction of sp³-hybridized carbons (Fsp3) is 0.462. The van der Waals surface area contributed by atoms with Gasteiger partial charge >= 0.3 is 0 Å². The molecule has 0 N–H and O–H groups in total. The van der Waals surface area contributed by atoms with Crippen molar-refractivity contribution in [2.24, 2.45) is 5.41 Å². The molecule has 3 saturated heterocycles.